The molecule has 0 saturated carbocycles. The number of carbonyl (C=O) groups is 2. The number of hydrogen-bond acceptors (Lipinski definition) is 5. The summed E-state index contributed by atoms with van der Waals surface area (Å²) < 4.78 is 5.61. The number of rotatable bonds is 5. The van der Waals surface area contributed by atoms with Gasteiger partial charge in [0.25, 0.3) is 11.7 Å². The van der Waals surface area contributed by atoms with Gasteiger partial charge in [-0.05, 0) is 39.2 Å². The maximum atomic E-state index is 13.1. The van der Waals surface area contributed by atoms with Gasteiger partial charge in [0.1, 0.15) is 5.76 Å². The van der Waals surface area contributed by atoms with E-state index in [-0.39, 0.29) is 29.4 Å². The number of ether oxygens (including phenoxy) is 1. The number of amides is 1. The van der Waals surface area contributed by atoms with E-state index in [0.717, 1.165) is 5.56 Å². The molecular formula is C25H20BrNO5. The van der Waals surface area contributed by atoms with Crippen molar-refractivity contribution in [2.24, 2.45) is 0 Å². The third kappa shape index (κ3) is 3.87. The Morgan fingerprint density at radius 3 is 2.28 bits per heavy atom. The highest BCUT2D eigenvalue weighted by molar-refractivity contribution is 9.10. The van der Waals surface area contributed by atoms with Crippen LogP contribution in [-0.2, 0) is 16.1 Å². The zero-order valence-corrected chi connectivity index (χ0v) is 18.7. The van der Waals surface area contributed by atoms with Crippen molar-refractivity contribution in [3.8, 4) is 11.5 Å². The number of aliphatic hydroxyl groups is 1. The van der Waals surface area contributed by atoms with Crippen molar-refractivity contribution in [1.29, 1.82) is 0 Å². The number of benzene rings is 3. The highest BCUT2D eigenvalue weighted by Gasteiger charge is 2.46. The molecule has 0 radical (unpaired) electrons. The molecule has 0 bridgehead atoms. The first-order chi connectivity index (χ1) is 15.4. The predicted molar refractivity (Wildman–Crippen MR) is 123 cm³/mol. The Balaban J connectivity index is 1.92. The Bertz CT molecular complexity index is 1210. The molecule has 3 aromatic carbocycles. The summed E-state index contributed by atoms with van der Waals surface area (Å²) >= 11 is 3.31. The second-order valence-corrected chi connectivity index (χ2v) is 8.19. The fourth-order valence-electron chi connectivity index (χ4n) is 3.83. The molecule has 1 aliphatic rings. The fourth-order valence-corrected chi connectivity index (χ4v) is 4.29. The van der Waals surface area contributed by atoms with Crippen molar-refractivity contribution in [3.63, 3.8) is 0 Å². The molecule has 32 heavy (non-hydrogen) atoms. The summed E-state index contributed by atoms with van der Waals surface area (Å²) in [5, 5.41) is 21.3. The second-order valence-electron chi connectivity index (χ2n) is 7.33. The molecule has 3 aromatic rings. The van der Waals surface area contributed by atoms with Gasteiger partial charge in [0.05, 0.1) is 23.2 Å². The molecule has 1 heterocycles. The van der Waals surface area contributed by atoms with Gasteiger partial charge < -0.3 is 19.8 Å². The van der Waals surface area contributed by atoms with E-state index in [1.54, 1.807) is 42.5 Å². The van der Waals surface area contributed by atoms with Crippen molar-refractivity contribution < 1.29 is 24.5 Å². The molecule has 4 rings (SSSR count). The van der Waals surface area contributed by atoms with Crippen LogP contribution in [0.25, 0.3) is 5.76 Å². The number of phenolic OH excluding ortho intramolecular Hbond substituents is 1. The lowest BCUT2D eigenvalue weighted by atomic mass is 9.95. The third-order valence-corrected chi connectivity index (χ3v) is 5.97. The van der Waals surface area contributed by atoms with E-state index in [2.05, 4.69) is 15.9 Å². The summed E-state index contributed by atoms with van der Waals surface area (Å²) in [4.78, 5) is 27.6. The lowest BCUT2D eigenvalue weighted by molar-refractivity contribution is -0.140. The molecule has 6 nitrogen and oxygen atoms in total. The Hall–Kier alpha value is -3.58. The number of likely N-dealkylation sites (tertiary alicyclic amines) is 1. The third-order valence-electron chi connectivity index (χ3n) is 5.37. The van der Waals surface area contributed by atoms with Crippen molar-refractivity contribution in [2.75, 3.05) is 7.11 Å². The van der Waals surface area contributed by atoms with E-state index in [1.807, 2.05) is 30.3 Å². The summed E-state index contributed by atoms with van der Waals surface area (Å²) in [6, 6.07) is 20.2. The van der Waals surface area contributed by atoms with E-state index in [4.69, 9.17) is 4.74 Å². The standard InChI is InChI=1S/C25H20BrNO5/c1-32-19-13-17(12-18(26)23(19)29)21-20(22(28)16-10-6-3-7-11-16)24(30)25(31)27(21)14-15-8-4-2-5-9-15/h2-13,21,28-29H,14H2,1H3/b22-20+. The van der Waals surface area contributed by atoms with Gasteiger partial charge in [-0.2, -0.15) is 0 Å². The van der Waals surface area contributed by atoms with E-state index < -0.39 is 17.7 Å². The molecule has 0 spiro atoms. The highest BCUT2D eigenvalue weighted by atomic mass is 79.9. The van der Waals surface area contributed by atoms with Crippen LogP contribution in [0.2, 0.25) is 0 Å². The molecule has 1 fully saturated rings. The largest absolute Gasteiger partial charge is 0.507 e. The Labute approximate surface area is 193 Å². The number of carbonyl (C=O) groups excluding carboxylic acids is 2. The first-order valence-electron chi connectivity index (χ1n) is 9.86. The SMILES string of the molecule is COc1cc(C2/C(=C(\O)c3ccccc3)C(=O)C(=O)N2Cc2ccccc2)cc(Br)c1O. The van der Waals surface area contributed by atoms with Gasteiger partial charge in [-0.1, -0.05) is 60.7 Å². The van der Waals surface area contributed by atoms with Crippen molar-refractivity contribution in [2.45, 2.75) is 12.6 Å². The zero-order valence-electron chi connectivity index (χ0n) is 17.2. The number of aliphatic hydroxyl groups excluding tert-OH is 1. The Morgan fingerprint density at radius 2 is 1.66 bits per heavy atom. The van der Waals surface area contributed by atoms with Crippen LogP contribution in [0.5, 0.6) is 11.5 Å². The number of hydrogen-bond donors (Lipinski definition) is 2. The number of methoxy groups -OCH3 is 1. The number of ketones is 1. The van der Waals surface area contributed by atoms with E-state index in [1.165, 1.54) is 12.0 Å². The summed E-state index contributed by atoms with van der Waals surface area (Å²) in [7, 11) is 1.41. The molecule has 0 aromatic heterocycles. The van der Waals surface area contributed by atoms with Gasteiger partial charge in [0, 0.05) is 12.1 Å². The highest BCUT2D eigenvalue weighted by Crippen LogP contribution is 2.44. The minimum absolute atomic E-state index is 0.0169. The number of nitrogens with zero attached hydrogens (tertiary/aromatic N) is 1. The average Bonchev–Trinajstić information content (AvgIpc) is 3.06. The summed E-state index contributed by atoms with van der Waals surface area (Å²) in [6.45, 7) is 0.169. The molecule has 2 N–H and O–H groups in total. The van der Waals surface area contributed by atoms with Gasteiger partial charge in [-0.25, -0.2) is 0 Å². The van der Waals surface area contributed by atoms with E-state index in [9.17, 15) is 19.8 Å². The van der Waals surface area contributed by atoms with Gasteiger partial charge in [0.15, 0.2) is 11.5 Å². The molecule has 162 valence electrons. The van der Waals surface area contributed by atoms with Crippen molar-refractivity contribution >= 4 is 33.4 Å². The van der Waals surface area contributed by atoms with E-state index >= 15 is 0 Å². The van der Waals surface area contributed by atoms with Crippen LogP contribution in [0.1, 0.15) is 22.7 Å². The van der Waals surface area contributed by atoms with Crippen molar-refractivity contribution in [3.05, 3.63) is 99.5 Å². The summed E-state index contributed by atoms with van der Waals surface area (Å²) in [5.74, 6) is -1.65. The monoisotopic (exact) mass is 493 g/mol. The average molecular weight is 494 g/mol. The van der Waals surface area contributed by atoms with Gasteiger partial charge >= 0.3 is 0 Å². The lowest BCUT2D eigenvalue weighted by Crippen LogP contribution is -2.29. The van der Waals surface area contributed by atoms with Gasteiger partial charge in [0.2, 0.25) is 0 Å². The second kappa shape index (κ2) is 8.88. The molecule has 7 heteroatoms. The van der Waals surface area contributed by atoms with Crippen LogP contribution < -0.4 is 4.74 Å². The van der Waals surface area contributed by atoms with Crippen LogP contribution in [0.3, 0.4) is 0 Å². The molecule has 1 unspecified atom stereocenters. The van der Waals surface area contributed by atoms with Crippen LogP contribution in [0.15, 0.2) is 82.8 Å². The first-order valence-corrected chi connectivity index (χ1v) is 10.7. The zero-order chi connectivity index (χ0) is 22.8. The number of phenols is 1. The summed E-state index contributed by atoms with van der Waals surface area (Å²) in [6.07, 6.45) is 0. The van der Waals surface area contributed by atoms with Gasteiger partial charge in [-0.3, -0.25) is 9.59 Å². The van der Waals surface area contributed by atoms with E-state index in [0.29, 0.717) is 15.6 Å². The topological polar surface area (TPSA) is 87.1 Å². The normalized spacial score (nSPS) is 17.6. The number of aromatic hydroxyl groups is 1. The number of halogens is 1. The van der Waals surface area contributed by atoms with Crippen LogP contribution in [-0.4, -0.2) is 33.9 Å². The van der Waals surface area contributed by atoms with Crippen LogP contribution in [0, 0.1) is 0 Å². The maximum absolute atomic E-state index is 13.1. The van der Waals surface area contributed by atoms with Gasteiger partial charge in [-0.15, -0.1) is 0 Å². The number of Topliss-reactive ketones (excluding diaryl/α,β-unsaturated/α-hetero) is 1. The first kappa shape index (κ1) is 21.6. The fraction of sp³-hybridized carbons (Fsp3) is 0.120. The Kier molecular flexibility index (Phi) is 6.01. The summed E-state index contributed by atoms with van der Waals surface area (Å²) in [5.41, 5.74) is 1.76. The lowest BCUT2D eigenvalue weighted by Gasteiger charge is -2.26. The minimum atomic E-state index is -0.874. The van der Waals surface area contributed by atoms with Crippen LogP contribution >= 0.6 is 15.9 Å². The predicted octanol–water partition coefficient (Wildman–Crippen LogP) is 4.79. The molecule has 1 saturated heterocycles. The molecular weight excluding hydrogens is 474 g/mol. The van der Waals surface area contributed by atoms with Crippen molar-refractivity contribution in [1.82, 2.24) is 4.90 Å². The van der Waals surface area contributed by atoms with Crippen LogP contribution in [0.4, 0.5) is 0 Å². The molecule has 1 aliphatic heterocycles. The molecule has 0 aliphatic carbocycles. The molecule has 1 atom stereocenters. The molecule has 1 amide bonds. The smallest absolute Gasteiger partial charge is 0.295 e. The minimum Gasteiger partial charge on any atom is -0.507 e. The quantitative estimate of drug-likeness (QED) is 0.303. The maximum Gasteiger partial charge on any atom is 0.295 e. The Morgan fingerprint density at radius 1 is 1.03 bits per heavy atom.